The van der Waals surface area contributed by atoms with Crippen molar-refractivity contribution in [2.45, 2.75) is 33.9 Å². The van der Waals surface area contributed by atoms with Gasteiger partial charge in [-0.3, -0.25) is 9.59 Å². The first-order chi connectivity index (χ1) is 15.7. The monoisotopic (exact) mass is 486 g/mol. The first-order valence-corrected chi connectivity index (χ1v) is 11.6. The summed E-state index contributed by atoms with van der Waals surface area (Å²) in [4.78, 5) is 30.0. The number of benzene rings is 2. The van der Waals surface area contributed by atoms with Crippen LogP contribution >= 0.6 is 23.2 Å². The van der Waals surface area contributed by atoms with Crippen molar-refractivity contribution in [3.8, 4) is 0 Å². The summed E-state index contributed by atoms with van der Waals surface area (Å²) in [5.41, 5.74) is 1.36. The molecule has 0 aliphatic heterocycles. The van der Waals surface area contributed by atoms with Crippen molar-refractivity contribution in [1.82, 2.24) is 9.80 Å². The number of amides is 2. The number of rotatable bonds is 9. The van der Waals surface area contributed by atoms with Crippen molar-refractivity contribution in [3.63, 3.8) is 0 Å². The van der Waals surface area contributed by atoms with Crippen LogP contribution in [0.25, 0.3) is 0 Å². The minimum atomic E-state index is -0.282. The highest BCUT2D eigenvalue weighted by Gasteiger charge is 2.24. The van der Waals surface area contributed by atoms with Crippen LogP contribution in [0.4, 0.5) is 0 Å². The Bertz CT molecular complexity index is 1080. The molecule has 0 aliphatic rings. The molecule has 0 N–H and O–H groups in total. The van der Waals surface area contributed by atoms with Crippen LogP contribution in [0, 0.1) is 12.8 Å². The molecule has 0 saturated carbocycles. The second-order valence-corrected chi connectivity index (χ2v) is 9.36. The fourth-order valence-electron chi connectivity index (χ4n) is 3.58. The van der Waals surface area contributed by atoms with E-state index in [0.29, 0.717) is 41.0 Å². The van der Waals surface area contributed by atoms with Gasteiger partial charge in [-0.1, -0.05) is 67.4 Å². The summed E-state index contributed by atoms with van der Waals surface area (Å²) in [5, 5.41) is 0.751. The predicted octanol–water partition coefficient (Wildman–Crippen LogP) is 6.22. The maximum Gasteiger partial charge on any atom is 0.254 e. The van der Waals surface area contributed by atoms with E-state index in [0.717, 1.165) is 11.3 Å². The van der Waals surface area contributed by atoms with E-state index < -0.39 is 0 Å². The highest BCUT2D eigenvalue weighted by Crippen LogP contribution is 2.21. The van der Waals surface area contributed by atoms with Crippen molar-refractivity contribution >= 4 is 35.0 Å². The van der Waals surface area contributed by atoms with Crippen molar-refractivity contribution in [2.24, 2.45) is 5.92 Å². The number of furan rings is 1. The zero-order valence-electron chi connectivity index (χ0n) is 19.1. The molecular weight excluding hydrogens is 459 g/mol. The van der Waals surface area contributed by atoms with E-state index in [1.165, 1.54) is 0 Å². The number of hydrogen-bond donors (Lipinski definition) is 0. The Kier molecular flexibility index (Phi) is 8.59. The molecule has 1 aromatic heterocycles. The Labute approximate surface area is 204 Å². The maximum absolute atomic E-state index is 13.5. The lowest BCUT2D eigenvalue weighted by atomic mass is 10.1. The van der Waals surface area contributed by atoms with Crippen LogP contribution in [0.2, 0.25) is 10.0 Å². The molecule has 2 aromatic carbocycles. The Morgan fingerprint density at radius 1 is 0.909 bits per heavy atom. The zero-order chi connectivity index (χ0) is 24.0. The van der Waals surface area contributed by atoms with Gasteiger partial charge < -0.3 is 14.2 Å². The molecule has 2 amide bonds. The molecule has 0 fully saturated rings. The number of halogens is 2. The molecule has 1 heterocycles. The van der Waals surface area contributed by atoms with Crippen LogP contribution in [-0.2, 0) is 17.9 Å². The summed E-state index contributed by atoms with van der Waals surface area (Å²) in [5.74, 6) is 1.20. The fourth-order valence-corrected chi connectivity index (χ4v) is 4.10. The molecular formula is C26H28Cl2N2O3. The zero-order valence-corrected chi connectivity index (χ0v) is 20.6. The third-order valence-corrected chi connectivity index (χ3v) is 5.46. The molecule has 0 unspecified atom stereocenters. The molecule has 174 valence electrons. The molecule has 7 heteroatoms. The van der Waals surface area contributed by atoms with Gasteiger partial charge in [-0.2, -0.15) is 0 Å². The van der Waals surface area contributed by atoms with Crippen molar-refractivity contribution < 1.29 is 14.0 Å². The summed E-state index contributed by atoms with van der Waals surface area (Å²) in [7, 11) is 0. The highest BCUT2D eigenvalue weighted by atomic mass is 35.5. The van der Waals surface area contributed by atoms with Crippen LogP contribution in [0.5, 0.6) is 0 Å². The molecule has 0 radical (unpaired) electrons. The van der Waals surface area contributed by atoms with E-state index in [1.54, 1.807) is 28.0 Å². The van der Waals surface area contributed by atoms with Gasteiger partial charge in [0.15, 0.2) is 0 Å². The van der Waals surface area contributed by atoms with E-state index in [4.69, 9.17) is 27.6 Å². The van der Waals surface area contributed by atoms with E-state index >= 15 is 0 Å². The minimum absolute atomic E-state index is 0.0618. The third-order valence-electron chi connectivity index (χ3n) is 5.02. The number of carbonyl (C=O) groups is 2. The summed E-state index contributed by atoms with van der Waals surface area (Å²) in [6, 6.07) is 18.2. The molecule has 3 aromatic rings. The lowest BCUT2D eigenvalue weighted by Crippen LogP contribution is -2.43. The lowest BCUT2D eigenvalue weighted by molar-refractivity contribution is -0.133. The fraction of sp³-hybridized carbons (Fsp3) is 0.308. The van der Waals surface area contributed by atoms with Gasteiger partial charge in [0.2, 0.25) is 5.91 Å². The smallest absolute Gasteiger partial charge is 0.254 e. The van der Waals surface area contributed by atoms with Gasteiger partial charge >= 0.3 is 0 Å². The van der Waals surface area contributed by atoms with E-state index in [-0.39, 0.29) is 24.3 Å². The van der Waals surface area contributed by atoms with E-state index in [1.807, 2.05) is 63.2 Å². The SMILES string of the molecule is Cc1ccc(CN(Cc2ccccc2)C(=O)CN(CC(C)C)C(=O)c2cc(Cl)cc(Cl)c2)o1. The summed E-state index contributed by atoms with van der Waals surface area (Å²) < 4.78 is 5.71. The predicted molar refractivity (Wildman–Crippen MR) is 131 cm³/mol. The van der Waals surface area contributed by atoms with Gasteiger partial charge in [0.25, 0.3) is 5.91 Å². The van der Waals surface area contributed by atoms with Crippen LogP contribution in [0.1, 0.15) is 41.3 Å². The molecule has 0 aliphatic carbocycles. The number of carbonyl (C=O) groups excluding carboxylic acids is 2. The van der Waals surface area contributed by atoms with Gasteiger partial charge in [0.05, 0.1) is 6.54 Å². The first-order valence-electron chi connectivity index (χ1n) is 10.8. The Morgan fingerprint density at radius 3 is 2.15 bits per heavy atom. The topological polar surface area (TPSA) is 53.8 Å². The molecule has 0 bridgehead atoms. The molecule has 5 nitrogen and oxygen atoms in total. The van der Waals surface area contributed by atoms with Crippen LogP contribution < -0.4 is 0 Å². The highest BCUT2D eigenvalue weighted by molar-refractivity contribution is 6.35. The van der Waals surface area contributed by atoms with Crippen molar-refractivity contribution in [1.29, 1.82) is 0 Å². The second-order valence-electron chi connectivity index (χ2n) is 8.49. The average molecular weight is 487 g/mol. The van der Waals surface area contributed by atoms with Crippen molar-refractivity contribution in [3.05, 3.63) is 93.4 Å². The van der Waals surface area contributed by atoms with Crippen LogP contribution in [-0.4, -0.2) is 34.7 Å². The Balaban J connectivity index is 1.84. The first kappa shape index (κ1) is 24.9. The Morgan fingerprint density at radius 2 is 1.58 bits per heavy atom. The van der Waals surface area contributed by atoms with Gasteiger partial charge in [-0.25, -0.2) is 0 Å². The standard InChI is InChI=1S/C26H28Cl2N2O3/c1-18(2)14-30(26(32)21-11-22(27)13-23(28)12-21)17-25(31)29(15-20-7-5-4-6-8-20)16-24-10-9-19(3)33-24/h4-13,18H,14-17H2,1-3H3. The van der Waals surface area contributed by atoms with E-state index in [2.05, 4.69) is 0 Å². The second kappa shape index (κ2) is 11.4. The van der Waals surface area contributed by atoms with Crippen LogP contribution in [0.15, 0.2) is 65.1 Å². The molecule has 0 saturated heterocycles. The molecule has 0 atom stereocenters. The third kappa shape index (κ3) is 7.37. The average Bonchev–Trinajstić information content (AvgIpc) is 3.16. The number of aryl methyl sites for hydroxylation is 1. The normalized spacial score (nSPS) is 11.0. The molecule has 33 heavy (non-hydrogen) atoms. The largest absolute Gasteiger partial charge is 0.464 e. The minimum Gasteiger partial charge on any atom is -0.464 e. The van der Waals surface area contributed by atoms with Gasteiger partial charge in [-0.05, 0) is 48.7 Å². The van der Waals surface area contributed by atoms with Gasteiger partial charge in [-0.15, -0.1) is 0 Å². The van der Waals surface area contributed by atoms with Crippen LogP contribution in [0.3, 0.4) is 0 Å². The summed E-state index contributed by atoms with van der Waals surface area (Å²) in [6.07, 6.45) is 0. The lowest BCUT2D eigenvalue weighted by Gasteiger charge is -2.28. The Hall–Kier alpha value is -2.76. The number of hydrogen-bond acceptors (Lipinski definition) is 3. The van der Waals surface area contributed by atoms with Gasteiger partial charge in [0, 0.05) is 28.7 Å². The summed E-state index contributed by atoms with van der Waals surface area (Å²) in [6.45, 7) is 6.96. The van der Waals surface area contributed by atoms with E-state index in [9.17, 15) is 9.59 Å². The maximum atomic E-state index is 13.5. The van der Waals surface area contributed by atoms with Crippen molar-refractivity contribution in [2.75, 3.05) is 13.1 Å². The summed E-state index contributed by atoms with van der Waals surface area (Å²) >= 11 is 12.2. The molecule has 0 spiro atoms. The van der Waals surface area contributed by atoms with Gasteiger partial charge in [0.1, 0.15) is 18.1 Å². The quantitative estimate of drug-likeness (QED) is 0.360. The molecule has 3 rings (SSSR count). The number of nitrogens with zero attached hydrogens (tertiary/aromatic N) is 2.